The van der Waals surface area contributed by atoms with Gasteiger partial charge in [0.15, 0.2) is 0 Å². The molecule has 2 heterocycles. The fourth-order valence-electron chi connectivity index (χ4n) is 2.87. The second-order valence-electron chi connectivity index (χ2n) is 6.01. The van der Waals surface area contributed by atoms with Crippen LogP contribution in [0.25, 0.3) is 0 Å². The van der Waals surface area contributed by atoms with Crippen LogP contribution in [0.15, 0.2) is 10.7 Å². The number of rotatable bonds is 5. The Morgan fingerprint density at radius 1 is 1.42 bits per heavy atom. The van der Waals surface area contributed by atoms with E-state index in [4.69, 9.17) is 4.42 Å². The van der Waals surface area contributed by atoms with Crippen LogP contribution in [0.2, 0.25) is 0 Å². The van der Waals surface area contributed by atoms with Gasteiger partial charge in [0.2, 0.25) is 0 Å². The number of hydrogen-bond donors (Lipinski definition) is 1. The highest BCUT2D eigenvalue weighted by Crippen LogP contribution is 2.30. The average Bonchev–Trinajstić information content (AvgIpc) is 2.83. The van der Waals surface area contributed by atoms with Crippen molar-refractivity contribution in [1.29, 1.82) is 0 Å². The lowest BCUT2D eigenvalue weighted by molar-refractivity contribution is 0.283. The Hall–Kier alpha value is -1.03. The van der Waals surface area contributed by atoms with Crippen LogP contribution in [-0.2, 0) is 6.54 Å². The number of hydrogen-bond acceptors (Lipinski definition) is 4. The molecule has 0 saturated carbocycles. The summed E-state index contributed by atoms with van der Waals surface area (Å²) in [5.74, 6) is 1.40. The van der Waals surface area contributed by atoms with Crippen molar-refractivity contribution >= 4 is 6.01 Å². The molecule has 2 rings (SSSR count). The third kappa shape index (κ3) is 3.50. The average molecular weight is 265 g/mol. The summed E-state index contributed by atoms with van der Waals surface area (Å²) in [5.41, 5.74) is 1.00. The maximum absolute atomic E-state index is 5.68. The summed E-state index contributed by atoms with van der Waals surface area (Å²) < 4.78 is 5.68. The van der Waals surface area contributed by atoms with Gasteiger partial charge in [0.25, 0.3) is 6.01 Å². The molecule has 3 unspecified atom stereocenters. The van der Waals surface area contributed by atoms with E-state index in [9.17, 15) is 0 Å². The van der Waals surface area contributed by atoms with Gasteiger partial charge >= 0.3 is 0 Å². The molecule has 1 aliphatic rings. The van der Waals surface area contributed by atoms with Crippen LogP contribution in [-0.4, -0.2) is 24.1 Å². The number of aromatic nitrogens is 1. The molecule has 3 atom stereocenters. The van der Waals surface area contributed by atoms with E-state index in [2.05, 4.69) is 42.9 Å². The van der Waals surface area contributed by atoms with Gasteiger partial charge in [-0.3, -0.25) is 0 Å². The Morgan fingerprint density at radius 3 is 2.95 bits per heavy atom. The van der Waals surface area contributed by atoms with Crippen molar-refractivity contribution in [3.8, 4) is 0 Å². The summed E-state index contributed by atoms with van der Waals surface area (Å²) >= 11 is 0. The fourth-order valence-corrected chi connectivity index (χ4v) is 2.87. The van der Waals surface area contributed by atoms with E-state index in [1.807, 2.05) is 0 Å². The second-order valence-corrected chi connectivity index (χ2v) is 6.01. The lowest BCUT2D eigenvalue weighted by atomic mass is 9.86. The van der Waals surface area contributed by atoms with E-state index in [-0.39, 0.29) is 0 Å². The first-order chi connectivity index (χ1) is 9.11. The Labute approximate surface area is 116 Å². The quantitative estimate of drug-likeness (QED) is 0.831. The molecular weight excluding hydrogens is 238 g/mol. The van der Waals surface area contributed by atoms with Crippen LogP contribution in [0.5, 0.6) is 0 Å². The molecule has 1 aromatic heterocycles. The maximum atomic E-state index is 5.68. The summed E-state index contributed by atoms with van der Waals surface area (Å²) in [6.07, 6.45) is 4.22. The standard InChI is InChI=1S/C15H27N3O/c1-5-6-16-8-14-10-19-15(17-14)18-9-11(2)7-12(3)13(18)4/h10-13,16H,5-9H2,1-4H3. The summed E-state index contributed by atoms with van der Waals surface area (Å²) in [6, 6.07) is 1.30. The minimum absolute atomic E-state index is 0.506. The normalized spacial score (nSPS) is 27.8. The van der Waals surface area contributed by atoms with E-state index in [1.165, 1.54) is 6.42 Å². The molecule has 0 aromatic carbocycles. The van der Waals surface area contributed by atoms with Crippen molar-refractivity contribution < 1.29 is 4.42 Å². The third-order valence-electron chi connectivity index (χ3n) is 4.12. The van der Waals surface area contributed by atoms with Gasteiger partial charge in [0.1, 0.15) is 6.26 Å². The molecule has 0 amide bonds. The molecule has 0 radical (unpaired) electrons. The van der Waals surface area contributed by atoms with E-state index < -0.39 is 0 Å². The van der Waals surface area contributed by atoms with Gasteiger partial charge in [-0.15, -0.1) is 0 Å². The van der Waals surface area contributed by atoms with Crippen molar-refractivity contribution in [1.82, 2.24) is 10.3 Å². The van der Waals surface area contributed by atoms with Gasteiger partial charge < -0.3 is 14.6 Å². The Morgan fingerprint density at radius 2 is 2.21 bits per heavy atom. The zero-order valence-electron chi connectivity index (χ0n) is 12.6. The number of anilines is 1. The molecular formula is C15H27N3O. The number of oxazole rings is 1. The maximum Gasteiger partial charge on any atom is 0.297 e. The summed E-state index contributed by atoms with van der Waals surface area (Å²) in [4.78, 5) is 6.94. The van der Waals surface area contributed by atoms with E-state index in [0.29, 0.717) is 17.9 Å². The minimum Gasteiger partial charge on any atom is -0.432 e. The highest BCUT2D eigenvalue weighted by molar-refractivity contribution is 5.30. The van der Waals surface area contributed by atoms with Crippen molar-refractivity contribution in [2.75, 3.05) is 18.0 Å². The molecule has 1 N–H and O–H groups in total. The van der Waals surface area contributed by atoms with Gasteiger partial charge in [0.05, 0.1) is 5.69 Å². The highest BCUT2D eigenvalue weighted by Gasteiger charge is 2.31. The topological polar surface area (TPSA) is 41.3 Å². The van der Waals surface area contributed by atoms with Crippen LogP contribution in [0, 0.1) is 11.8 Å². The summed E-state index contributed by atoms with van der Waals surface area (Å²) in [5, 5.41) is 3.36. The smallest absolute Gasteiger partial charge is 0.297 e. The molecule has 1 aromatic rings. The molecule has 108 valence electrons. The molecule has 1 saturated heterocycles. The van der Waals surface area contributed by atoms with Crippen LogP contribution < -0.4 is 10.2 Å². The van der Waals surface area contributed by atoms with Crippen LogP contribution in [0.1, 0.15) is 46.2 Å². The first-order valence-corrected chi connectivity index (χ1v) is 7.53. The lowest BCUT2D eigenvalue weighted by Gasteiger charge is -2.40. The predicted molar refractivity (Wildman–Crippen MR) is 78.3 cm³/mol. The van der Waals surface area contributed by atoms with Gasteiger partial charge in [-0.05, 0) is 38.1 Å². The van der Waals surface area contributed by atoms with Crippen molar-refractivity contribution in [2.24, 2.45) is 11.8 Å². The third-order valence-corrected chi connectivity index (χ3v) is 4.12. The molecule has 4 heteroatoms. The SMILES string of the molecule is CCCNCc1coc(N2CC(C)CC(C)C2C)n1. The van der Waals surface area contributed by atoms with Gasteiger partial charge in [-0.1, -0.05) is 20.8 Å². The highest BCUT2D eigenvalue weighted by atomic mass is 16.4. The number of piperidine rings is 1. The first-order valence-electron chi connectivity index (χ1n) is 7.53. The number of nitrogens with zero attached hydrogens (tertiary/aromatic N) is 2. The molecule has 1 aliphatic heterocycles. The second kappa shape index (κ2) is 6.42. The molecule has 19 heavy (non-hydrogen) atoms. The molecule has 0 spiro atoms. The molecule has 4 nitrogen and oxygen atoms in total. The van der Waals surface area contributed by atoms with Gasteiger partial charge in [-0.25, -0.2) is 0 Å². The summed E-state index contributed by atoms with van der Waals surface area (Å²) in [6.45, 7) is 11.9. The van der Waals surface area contributed by atoms with Crippen LogP contribution in [0.3, 0.4) is 0 Å². The van der Waals surface area contributed by atoms with E-state index in [0.717, 1.165) is 37.8 Å². The lowest BCUT2D eigenvalue weighted by Crippen LogP contribution is -2.46. The van der Waals surface area contributed by atoms with Crippen LogP contribution >= 0.6 is 0 Å². The van der Waals surface area contributed by atoms with E-state index in [1.54, 1.807) is 6.26 Å². The van der Waals surface area contributed by atoms with Crippen molar-refractivity contribution in [3.63, 3.8) is 0 Å². The van der Waals surface area contributed by atoms with Crippen molar-refractivity contribution in [3.05, 3.63) is 12.0 Å². The van der Waals surface area contributed by atoms with Gasteiger partial charge in [0, 0.05) is 19.1 Å². The Bertz CT molecular complexity index is 390. The monoisotopic (exact) mass is 265 g/mol. The molecule has 0 bridgehead atoms. The largest absolute Gasteiger partial charge is 0.432 e. The summed E-state index contributed by atoms with van der Waals surface area (Å²) in [7, 11) is 0. The van der Waals surface area contributed by atoms with Crippen LogP contribution in [0.4, 0.5) is 6.01 Å². The first kappa shape index (κ1) is 14.4. The van der Waals surface area contributed by atoms with Gasteiger partial charge in [-0.2, -0.15) is 4.98 Å². The minimum atomic E-state index is 0.506. The van der Waals surface area contributed by atoms with E-state index >= 15 is 0 Å². The van der Waals surface area contributed by atoms with Crippen molar-refractivity contribution in [2.45, 2.75) is 53.1 Å². The Balaban J connectivity index is 2.00. The molecule has 1 fully saturated rings. The predicted octanol–water partition coefficient (Wildman–Crippen LogP) is 3.05. The zero-order valence-corrected chi connectivity index (χ0v) is 12.6. The Kier molecular flexibility index (Phi) is 4.86. The number of nitrogens with one attached hydrogen (secondary N) is 1. The molecule has 0 aliphatic carbocycles. The fraction of sp³-hybridized carbons (Fsp3) is 0.800. The zero-order chi connectivity index (χ0) is 13.8.